The van der Waals surface area contributed by atoms with Crippen molar-refractivity contribution in [1.29, 1.82) is 5.26 Å². The number of nitrogens with one attached hydrogen (secondary N) is 1. The Labute approximate surface area is 123 Å². The normalized spacial score (nSPS) is 10.8. The van der Waals surface area contributed by atoms with Gasteiger partial charge in [-0.3, -0.25) is 4.79 Å². The molecule has 1 rings (SSSR count). The number of nitrogens with zero attached hydrogens (tertiary/aromatic N) is 1. The van der Waals surface area contributed by atoms with Crippen molar-refractivity contribution < 1.29 is 19.4 Å². The topological polar surface area (TPSA) is 91.6 Å². The SMILES string of the molecule is COCCCNC(=O)/C(C#N)=C/c1ccc(O)c(OC)c1. The number of methoxy groups -OCH3 is 2. The summed E-state index contributed by atoms with van der Waals surface area (Å²) in [5, 5.41) is 21.2. The van der Waals surface area contributed by atoms with Crippen LogP contribution in [0.25, 0.3) is 6.08 Å². The molecule has 0 aliphatic heterocycles. The maximum atomic E-state index is 11.8. The summed E-state index contributed by atoms with van der Waals surface area (Å²) >= 11 is 0. The number of ether oxygens (including phenoxy) is 2. The van der Waals surface area contributed by atoms with Gasteiger partial charge in [0.25, 0.3) is 5.91 Å². The van der Waals surface area contributed by atoms with Crippen LogP contribution >= 0.6 is 0 Å². The van der Waals surface area contributed by atoms with Gasteiger partial charge in [-0.25, -0.2) is 0 Å². The number of hydrogen-bond acceptors (Lipinski definition) is 5. The summed E-state index contributed by atoms with van der Waals surface area (Å²) < 4.78 is 9.85. The van der Waals surface area contributed by atoms with Crippen LogP contribution in [0.2, 0.25) is 0 Å². The van der Waals surface area contributed by atoms with Crippen LogP contribution in [0.15, 0.2) is 23.8 Å². The minimum absolute atomic E-state index is 0.00262. The number of carbonyl (C=O) groups is 1. The van der Waals surface area contributed by atoms with Crippen molar-refractivity contribution in [2.24, 2.45) is 0 Å². The number of carbonyl (C=O) groups excluding carboxylic acids is 1. The molecule has 112 valence electrons. The molecule has 0 aliphatic rings. The molecule has 2 N–H and O–H groups in total. The Morgan fingerprint density at radius 2 is 2.24 bits per heavy atom. The second-order valence-corrected chi connectivity index (χ2v) is 4.20. The zero-order valence-corrected chi connectivity index (χ0v) is 12.0. The first kappa shape index (κ1) is 16.5. The maximum absolute atomic E-state index is 11.8. The largest absolute Gasteiger partial charge is 0.504 e. The molecule has 0 saturated heterocycles. The van der Waals surface area contributed by atoms with E-state index in [0.717, 1.165) is 0 Å². The van der Waals surface area contributed by atoms with Gasteiger partial charge in [0.05, 0.1) is 7.11 Å². The van der Waals surface area contributed by atoms with E-state index < -0.39 is 5.91 Å². The highest BCUT2D eigenvalue weighted by Crippen LogP contribution is 2.27. The predicted octanol–water partition coefficient (Wildman–Crippen LogP) is 1.46. The number of benzene rings is 1. The van der Waals surface area contributed by atoms with Crippen LogP contribution < -0.4 is 10.1 Å². The number of phenols is 1. The van der Waals surface area contributed by atoms with E-state index >= 15 is 0 Å². The summed E-state index contributed by atoms with van der Waals surface area (Å²) in [7, 11) is 3.01. The van der Waals surface area contributed by atoms with Gasteiger partial charge in [-0.05, 0) is 30.2 Å². The van der Waals surface area contributed by atoms with Crippen LogP contribution in [0.5, 0.6) is 11.5 Å². The van der Waals surface area contributed by atoms with Crippen molar-refractivity contribution in [3.05, 3.63) is 29.3 Å². The number of nitriles is 1. The lowest BCUT2D eigenvalue weighted by atomic mass is 10.1. The van der Waals surface area contributed by atoms with Gasteiger partial charge >= 0.3 is 0 Å². The van der Waals surface area contributed by atoms with Gasteiger partial charge < -0.3 is 19.9 Å². The highest BCUT2D eigenvalue weighted by Gasteiger charge is 2.09. The Morgan fingerprint density at radius 3 is 2.86 bits per heavy atom. The first-order chi connectivity index (χ1) is 10.1. The number of phenolic OH excluding ortho intramolecular Hbond substituents is 1. The Balaban J connectivity index is 2.79. The molecule has 0 unspecified atom stereocenters. The summed E-state index contributed by atoms with van der Waals surface area (Å²) in [5.41, 5.74) is 0.577. The molecule has 0 aromatic heterocycles. The van der Waals surface area contributed by atoms with Gasteiger partial charge in [-0.15, -0.1) is 0 Å². The lowest BCUT2D eigenvalue weighted by Gasteiger charge is -2.05. The fraction of sp³-hybridized carbons (Fsp3) is 0.333. The van der Waals surface area contributed by atoms with Crippen molar-refractivity contribution in [3.8, 4) is 17.6 Å². The molecule has 6 nitrogen and oxygen atoms in total. The summed E-state index contributed by atoms with van der Waals surface area (Å²) in [6.07, 6.45) is 2.11. The predicted molar refractivity (Wildman–Crippen MR) is 77.8 cm³/mol. The molecule has 0 bridgehead atoms. The van der Waals surface area contributed by atoms with Crippen molar-refractivity contribution in [2.75, 3.05) is 27.4 Å². The van der Waals surface area contributed by atoms with E-state index in [4.69, 9.17) is 14.7 Å². The lowest BCUT2D eigenvalue weighted by Crippen LogP contribution is -2.26. The monoisotopic (exact) mass is 290 g/mol. The standard InChI is InChI=1S/C15H18N2O4/c1-20-7-3-6-17-15(19)12(10-16)8-11-4-5-13(18)14(9-11)21-2/h4-5,8-9,18H,3,6-7H2,1-2H3,(H,17,19)/b12-8+. The molecule has 6 heteroatoms. The number of aromatic hydroxyl groups is 1. The zero-order chi connectivity index (χ0) is 15.7. The molecular weight excluding hydrogens is 272 g/mol. The average molecular weight is 290 g/mol. The third kappa shape index (κ3) is 5.16. The lowest BCUT2D eigenvalue weighted by molar-refractivity contribution is -0.117. The Bertz CT molecular complexity index is 561. The molecule has 0 radical (unpaired) electrons. The summed E-state index contributed by atoms with van der Waals surface area (Å²) in [6.45, 7) is 0.978. The molecule has 0 aliphatic carbocycles. The molecule has 1 amide bonds. The van der Waals surface area contributed by atoms with E-state index in [1.807, 2.05) is 6.07 Å². The van der Waals surface area contributed by atoms with Crippen LogP contribution in [-0.2, 0) is 9.53 Å². The van der Waals surface area contributed by atoms with Gasteiger partial charge in [-0.2, -0.15) is 5.26 Å². The summed E-state index contributed by atoms with van der Waals surface area (Å²) in [5.74, 6) is -0.167. The average Bonchev–Trinajstić information content (AvgIpc) is 2.50. The third-order valence-electron chi connectivity index (χ3n) is 2.69. The fourth-order valence-electron chi connectivity index (χ4n) is 1.61. The molecular formula is C15H18N2O4. The summed E-state index contributed by atoms with van der Waals surface area (Å²) in [4.78, 5) is 11.8. The third-order valence-corrected chi connectivity index (χ3v) is 2.69. The minimum atomic E-state index is -0.444. The van der Waals surface area contributed by atoms with Crippen LogP contribution in [0.4, 0.5) is 0 Å². The Kier molecular flexibility index (Phi) is 6.78. The zero-order valence-electron chi connectivity index (χ0n) is 12.0. The first-order valence-corrected chi connectivity index (χ1v) is 6.38. The maximum Gasteiger partial charge on any atom is 0.261 e. The molecule has 0 heterocycles. The highest BCUT2D eigenvalue weighted by atomic mass is 16.5. The first-order valence-electron chi connectivity index (χ1n) is 6.38. The van der Waals surface area contributed by atoms with E-state index in [0.29, 0.717) is 25.1 Å². The molecule has 0 atom stereocenters. The van der Waals surface area contributed by atoms with Crippen molar-refractivity contribution in [3.63, 3.8) is 0 Å². The smallest absolute Gasteiger partial charge is 0.261 e. The number of amides is 1. The van der Waals surface area contributed by atoms with Crippen LogP contribution in [0.1, 0.15) is 12.0 Å². The van der Waals surface area contributed by atoms with E-state index in [2.05, 4.69) is 5.32 Å². The minimum Gasteiger partial charge on any atom is -0.504 e. The Morgan fingerprint density at radius 1 is 1.48 bits per heavy atom. The molecule has 1 aromatic rings. The highest BCUT2D eigenvalue weighted by molar-refractivity contribution is 6.01. The van der Waals surface area contributed by atoms with Gasteiger partial charge in [-0.1, -0.05) is 6.07 Å². The number of hydrogen-bond donors (Lipinski definition) is 2. The number of rotatable bonds is 7. The van der Waals surface area contributed by atoms with Crippen molar-refractivity contribution >= 4 is 12.0 Å². The molecule has 1 aromatic carbocycles. The van der Waals surface area contributed by atoms with Gasteiger partial charge in [0, 0.05) is 20.3 Å². The second kappa shape index (κ2) is 8.61. The van der Waals surface area contributed by atoms with E-state index in [1.54, 1.807) is 19.2 Å². The molecule has 0 saturated carbocycles. The molecule has 0 fully saturated rings. The second-order valence-electron chi connectivity index (χ2n) is 4.20. The molecule has 21 heavy (non-hydrogen) atoms. The van der Waals surface area contributed by atoms with Crippen molar-refractivity contribution in [2.45, 2.75) is 6.42 Å². The van der Waals surface area contributed by atoms with E-state index in [9.17, 15) is 9.90 Å². The van der Waals surface area contributed by atoms with Crippen LogP contribution in [0, 0.1) is 11.3 Å². The van der Waals surface area contributed by atoms with E-state index in [1.165, 1.54) is 19.3 Å². The summed E-state index contributed by atoms with van der Waals surface area (Å²) in [6, 6.07) is 6.44. The van der Waals surface area contributed by atoms with Crippen LogP contribution in [0.3, 0.4) is 0 Å². The van der Waals surface area contributed by atoms with Gasteiger partial charge in [0.15, 0.2) is 11.5 Å². The quantitative estimate of drug-likeness (QED) is 0.450. The van der Waals surface area contributed by atoms with Gasteiger partial charge in [0.2, 0.25) is 0 Å². The fourth-order valence-corrected chi connectivity index (χ4v) is 1.61. The van der Waals surface area contributed by atoms with Crippen molar-refractivity contribution in [1.82, 2.24) is 5.32 Å². The van der Waals surface area contributed by atoms with Crippen LogP contribution in [-0.4, -0.2) is 38.4 Å². The van der Waals surface area contributed by atoms with Gasteiger partial charge in [0.1, 0.15) is 11.6 Å². The molecule has 0 spiro atoms. The van der Waals surface area contributed by atoms with E-state index in [-0.39, 0.29) is 17.1 Å². The Hall–Kier alpha value is -2.52.